The van der Waals surface area contributed by atoms with Gasteiger partial charge in [0.05, 0.1) is 23.8 Å². The fraction of sp³-hybridized carbons (Fsp3) is 0.259. The fourth-order valence-corrected chi connectivity index (χ4v) is 4.59. The summed E-state index contributed by atoms with van der Waals surface area (Å²) >= 11 is 0. The smallest absolute Gasteiger partial charge is 0.340 e. The average Bonchev–Trinajstić information content (AvgIpc) is 2.86. The highest BCUT2D eigenvalue weighted by atomic mass is 32.2. The number of benzene rings is 3. The zero-order valence-corrected chi connectivity index (χ0v) is 21.5. The predicted molar refractivity (Wildman–Crippen MR) is 134 cm³/mol. The Morgan fingerprint density at radius 3 is 2.30 bits per heavy atom. The van der Waals surface area contributed by atoms with Crippen LogP contribution in [0.2, 0.25) is 0 Å². The summed E-state index contributed by atoms with van der Waals surface area (Å²) in [5.41, 5.74) is 0.313. The minimum Gasteiger partial charge on any atom is -0.459 e. The Kier molecular flexibility index (Phi) is 9.37. The van der Waals surface area contributed by atoms with Crippen molar-refractivity contribution in [3.05, 3.63) is 95.3 Å². The molecular formula is C27H28FNO7S. The number of esters is 1. The lowest BCUT2D eigenvalue weighted by Gasteiger charge is -2.23. The molecule has 0 aliphatic heterocycles. The first-order valence-electron chi connectivity index (χ1n) is 11.5. The second kappa shape index (κ2) is 12.5. The van der Waals surface area contributed by atoms with Gasteiger partial charge in [-0.2, -0.15) is 8.42 Å². The van der Waals surface area contributed by atoms with Crippen LogP contribution in [-0.4, -0.2) is 51.6 Å². The maximum absolute atomic E-state index is 14.2. The third kappa shape index (κ3) is 7.37. The van der Waals surface area contributed by atoms with Crippen LogP contribution in [0.3, 0.4) is 0 Å². The summed E-state index contributed by atoms with van der Waals surface area (Å²) in [7, 11) is -2.91. The summed E-state index contributed by atoms with van der Waals surface area (Å²) in [5.74, 6) is -1.99. The van der Waals surface area contributed by atoms with E-state index in [2.05, 4.69) is 0 Å². The molecule has 3 aromatic carbocycles. The molecule has 0 radical (unpaired) electrons. The van der Waals surface area contributed by atoms with Gasteiger partial charge >= 0.3 is 16.1 Å². The molecule has 0 N–H and O–H groups in total. The maximum Gasteiger partial charge on any atom is 0.340 e. The van der Waals surface area contributed by atoms with Gasteiger partial charge in [0.2, 0.25) is 0 Å². The van der Waals surface area contributed by atoms with E-state index in [1.54, 1.807) is 32.0 Å². The number of carbonyl (C=O) groups is 2. The van der Waals surface area contributed by atoms with Gasteiger partial charge in [-0.25, -0.2) is 9.18 Å². The molecule has 196 valence electrons. The number of nitrogens with zero attached hydrogens (tertiary/aromatic N) is 1. The number of carbonyl (C=O) groups excluding carboxylic acids is 2. The van der Waals surface area contributed by atoms with E-state index in [1.807, 2.05) is 0 Å². The van der Waals surface area contributed by atoms with Crippen LogP contribution < -0.4 is 4.18 Å². The molecule has 0 bridgehead atoms. The first-order chi connectivity index (χ1) is 17.6. The van der Waals surface area contributed by atoms with Crippen molar-refractivity contribution in [3.63, 3.8) is 0 Å². The van der Waals surface area contributed by atoms with Crippen molar-refractivity contribution in [2.45, 2.75) is 31.4 Å². The first kappa shape index (κ1) is 27.8. The van der Waals surface area contributed by atoms with Gasteiger partial charge in [0.1, 0.15) is 16.5 Å². The highest BCUT2D eigenvalue weighted by Crippen LogP contribution is 2.24. The molecule has 10 heteroatoms. The van der Waals surface area contributed by atoms with E-state index in [-0.39, 0.29) is 41.5 Å². The molecule has 0 aromatic heterocycles. The number of ether oxygens (including phenoxy) is 2. The number of hydrogen-bond acceptors (Lipinski definition) is 7. The number of amides is 1. The van der Waals surface area contributed by atoms with Gasteiger partial charge in [0.15, 0.2) is 0 Å². The van der Waals surface area contributed by atoms with Crippen molar-refractivity contribution in [1.82, 2.24) is 4.90 Å². The Hall–Kier alpha value is -3.76. The lowest BCUT2D eigenvalue weighted by atomic mass is 10.1. The molecule has 0 aliphatic rings. The predicted octanol–water partition coefficient (Wildman–Crippen LogP) is 4.45. The van der Waals surface area contributed by atoms with E-state index in [1.165, 1.54) is 66.6 Å². The summed E-state index contributed by atoms with van der Waals surface area (Å²) in [6, 6.07) is 17.4. The second-order valence-electron chi connectivity index (χ2n) is 8.33. The number of methoxy groups -OCH3 is 1. The van der Waals surface area contributed by atoms with Crippen LogP contribution >= 0.6 is 0 Å². The van der Waals surface area contributed by atoms with E-state index in [0.717, 1.165) is 0 Å². The van der Waals surface area contributed by atoms with Gasteiger partial charge in [-0.1, -0.05) is 36.4 Å². The van der Waals surface area contributed by atoms with Gasteiger partial charge < -0.3 is 18.6 Å². The largest absolute Gasteiger partial charge is 0.459 e. The first-order valence-corrected chi connectivity index (χ1v) is 12.9. The molecule has 37 heavy (non-hydrogen) atoms. The summed E-state index contributed by atoms with van der Waals surface area (Å²) in [6.07, 6.45) is -0.436. The zero-order valence-electron chi connectivity index (χ0n) is 20.7. The summed E-state index contributed by atoms with van der Waals surface area (Å²) < 4.78 is 55.9. The highest BCUT2D eigenvalue weighted by Gasteiger charge is 2.26. The molecule has 3 rings (SSSR count). The van der Waals surface area contributed by atoms with Crippen LogP contribution in [-0.2, 0) is 26.1 Å². The fourth-order valence-electron chi connectivity index (χ4n) is 3.48. The second-order valence-corrected chi connectivity index (χ2v) is 9.85. The topological polar surface area (TPSA) is 99.2 Å². The number of halogens is 1. The van der Waals surface area contributed by atoms with Crippen molar-refractivity contribution in [3.8, 4) is 5.75 Å². The summed E-state index contributed by atoms with van der Waals surface area (Å²) in [6.45, 7) is 3.76. The van der Waals surface area contributed by atoms with E-state index in [9.17, 15) is 22.4 Å². The van der Waals surface area contributed by atoms with E-state index < -0.39 is 33.9 Å². The molecule has 0 atom stereocenters. The van der Waals surface area contributed by atoms with Crippen molar-refractivity contribution in [2.24, 2.45) is 0 Å². The lowest BCUT2D eigenvalue weighted by molar-refractivity contribution is 0.0372. The normalized spacial score (nSPS) is 11.3. The molecule has 3 aromatic rings. The van der Waals surface area contributed by atoms with Gasteiger partial charge in [-0.05, 0) is 55.8 Å². The van der Waals surface area contributed by atoms with Gasteiger partial charge in [-0.15, -0.1) is 0 Å². The van der Waals surface area contributed by atoms with Crippen LogP contribution in [0.4, 0.5) is 4.39 Å². The van der Waals surface area contributed by atoms with Crippen molar-refractivity contribution < 1.29 is 36.1 Å². The Labute approximate surface area is 215 Å². The molecule has 1 amide bonds. The summed E-state index contributed by atoms with van der Waals surface area (Å²) in [4.78, 5) is 26.5. The van der Waals surface area contributed by atoms with Crippen molar-refractivity contribution >= 4 is 22.0 Å². The van der Waals surface area contributed by atoms with Crippen LogP contribution in [0.1, 0.15) is 40.1 Å². The van der Waals surface area contributed by atoms with Crippen LogP contribution in [0.15, 0.2) is 77.7 Å². The van der Waals surface area contributed by atoms with Crippen LogP contribution in [0.5, 0.6) is 5.75 Å². The van der Waals surface area contributed by atoms with E-state index in [4.69, 9.17) is 13.7 Å². The average molecular weight is 530 g/mol. The molecule has 0 saturated carbocycles. The van der Waals surface area contributed by atoms with Crippen LogP contribution in [0.25, 0.3) is 0 Å². The molecule has 0 aliphatic carbocycles. The van der Waals surface area contributed by atoms with Gasteiger partial charge in [0.25, 0.3) is 5.91 Å². The molecular weight excluding hydrogens is 501 g/mol. The van der Waals surface area contributed by atoms with Crippen molar-refractivity contribution in [1.29, 1.82) is 0 Å². The third-order valence-corrected chi connectivity index (χ3v) is 6.46. The molecule has 0 fully saturated rings. The molecule has 0 heterocycles. The van der Waals surface area contributed by atoms with Crippen LogP contribution in [0, 0.1) is 5.82 Å². The minimum atomic E-state index is -4.40. The zero-order chi connectivity index (χ0) is 27.0. The molecule has 0 spiro atoms. The lowest BCUT2D eigenvalue weighted by Crippen LogP contribution is -2.34. The van der Waals surface area contributed by atoms with Crippen molar-refractivity contribution in [2.75, 3.05) is 20.3 Å². The molecule has 8 nitrogen and oxygen atoms in total. The number of rotatable bonds is 11. The Morgan fingerprint density at radius 2 is 1.62 bits per heavy atom. The Bertz CT molecular complexity index is 1360. The minimum absolute atomic E-state index is 0.0189. The van der Waals surface area contributed by atoms with Gasteiger partial charge in [-0.3, -0.25) is 4.79 Å². The van der Waals surface area contributed by atoms with E-state index >= 15 is 0 Å². The molecule has 0 unspecified atom stereocenters. The monoisotopic (exact) mass is 529 g/mol. The Balaban J connectivity index is 1.85. The summed E-state index contributed by atoms with van der Waals surface area (Å²) in [5, 5.41) is 0. The molecule has 0 saturated heterocycles. The third-order valence-electron chi connectivity index (χ3n) is 5.15. The quantitative estimate of drug-likeness (QED) is 0.267. The Morgan fingerprint density at radius 1 is 0.946 bits per heavy atom. The standard InChI is InChI=1S/C27H28FNO7S/c1-19(2)35-27(31)23-12-5-7-14-25(23)37(32,33)36-21-10-8-9-20(17-21)18-29(15-16-34-3)26(30)22-11-4-6-13-24(22)28/h4-14,17,19H,15-16,18H2,1-3H3. The van der Waals surface area contributed by atoms with E-state index in [0.29, 0.717) is 5.56 Å². The van der Waals surface area contributed by atoms with Gasteiger partial charge in [0, 0.05) is 20.2 Å². The SMILES string of the molecule is COCCN(Cc1cccc(OS(=O)(=O)c2ccccc2C(=O)OC(C)C)c1)C(=O)c1ccccc1F. The maximum atomic E-state index is 14.2. The highest BCUT2D eigenvalue weighted by molar-refractivity contribution is 7.87. The number of hydrogen-bond donors (Lipinski definition) is 0.